The van der Waals surface area contributed by atoms with E-state index < -0.39 is 0 Å². The molecule has 0 aliphatic carbocycles. The van der Waals surface area contributed by atoms with Gasteiger partial charge in [0.15, 0.2) is 4.34 Å². The zero-order valence-electron chi connectivity index (χ0n) is 13.5. The molecule has 1 aromatic heterocycles. The third-order valence-corrected chi connectivity index (χ3v) is 4.74. The Morgan fingerprint density at radius 2 is 2.08 bits per heavy atom. The summed E-state index contributed by atoms with van der Waals surface area (Å²) in [5.41, 5.74) is 1.48. The van der Waals surface area contributed by atoms with Crippen LogP contribution in [0.5, 0.6) is 0 Å². The molecule has 1 atom stereocenters. The normalized spacial score (nSPS) is 11.6. The lowest BCUT2D eigenvalue weighted by molar-refractivity contribution is -0.142. The minimum Gasteiger partial charge on any atom is -0.465 e. The molecular formula is C15H18N4O3S2. The second-order valence-electron chi connectivity index (χ2n) is 4.77. The van der Waals surface area contributed by atoms with Crippen LogP contribution in [0.1, 0.15) is 20.8 Å². The Hall–Kier alpha value is -2.13. The highest BCUT2D eigenvalue weighted by atomic mass is 32.2. The van der Waals surface area contributed by atoms with E-state index in [2.05, 4.69) is 20.8 Å². The molecule has 7 nitrogen and oxygen atoms in total. The summed E-state index contributed by atoms with van der Waals surface area (Å²) in [5, 5.41) is 14.2. The molecule has 0 radical (unpaired) electrons. The topological polar surface area (TPSA) is 93.2 Å². The van der Waals surface area contributed by atoms with E-state index in [1.165, 1.54) is 30.0 Å². The number of nitrogens with one attached hydrogen (secondary N) is 2. The molecule has 0 aliphatic rings. The molecule has 0 spiro atoms. The average Bonchev–Trinajstić information content (AvgIpc) is 2.94. The predicted molar refractivity (Wildman–Crippen MR) is 95.9 cm³/mol. The van der Waals surface area contributed by atoms with Crippen molar-refractivity contribution in [3.05, 3.63) is 24.3 Å². The summed E-state index contributed by atoms with van der Waals surface area (Å²) >= 11 is 2.65. The summed E-state index contributed by atoms with van der Waals surface area (Å²) in [6.45, 7) is 5.36. The Morgan fingerprint density at radius 1 is 1.33 bits per heavy atom. The second kappa shape index (κ2) is 8.65. The number of rotatable bonds is 7. The summed E-state index contributed by atoms with van der Waals surface area (Å²) < 4.78 is 5.65. The van der Waals surface area contributed by atoms with E-state index in [9.17, 15) is 9.59 Å². The van der Waals surface area contributed by atoms with Crippen molar-refractivity contribution in [1.82, 2.24) is 10.2 Å². The first-order valence-electron chi connectivity index (χ1n) is 7.29. The molecule has 1 unspecified atom stereocenters. The highest BCUT2D eigenvalue weighted by Gasteiger charge is 2.18. The fourth-order valence-corrected chi connectivity index (χ4v) is 3.68. The van der Waals surface area contributed by atoms with Gasteiger partial charge in [-0.1, -0.05) is 29.2 Å². The van der Waals surface area contributed by atoms with Crippen LogP contribution in [0.25, 0.3) is 0 Å². The number of carbonyl (C=O) groups excluding carboxylic acids is 2. The Morgan fingerprint density at radius 3 is 2.79 bits per heavy atom. The zero-order chi connectivity index (χ0) is 17.5. The van der Waals surface area contributed by atoms with Gasteiger partial charge in [0.05, 0.1) is 6.61 Å². The van der Waals surface area contributed by atoms with E-state index in [4.69, 9.17) is 4.74 Å². The maximum atomic E-state index is 11.6. The summed E-state index contributed by atoms with van der Waals surface area (Å²) in [6, 6.07) is 7.29. The molecule has 2 aromatic rings. The Kier molecular flexibility index (Phi) is 6.56. The van der Waals surface area contributed by atoms with Crippen LogP contribution in [0, 0.1) is 0 Å². The third kappa shape index (κ3) is 5.50. The van der Waals surface area contributed by atoms with Crippen LogP contribution in [0.4, 0.5) is 16.5 Å². The van der Waals surface area contributed by atoms with Gasteiger partial charge in [-0.05, 0) is 32.0 Å². The molecule has 0 bridgehead atoms. The predicted octanol–water partition coefficient (Wildman–Crippen LogP) is 3.28. The second-order valence-corrected chi connectivity index (χ2v) is 7.34. The largest absolute Gasteiger partial charge is 0.465 e. The smallest absolute Gasteiger partial charge is 0.319 e. The standard InChI is InChI=1S/C15H18N4O3S2/c1-4-22-13(21)9(2)23-15-19-18-14(24-15)17-12-7-5-6-11(8-12)16-10(3)20/h5-9H,4H2,1-3H3,(H,16,20)(H,17,18). The van der Waals surface area contributed by atoms with Gasteiger partial charge >= 0.3 is 5.97 Å². The molecule has 1 aromatic carbocycles. The molecule has 0 saturated carbocycles. The van der Waals surface area contributed by atoms with E-state index in [1.54, 1.807) is 26.0 Å². The Balaban J connectivity index is 1.98. The number of amides is 1. The minimum atomic E-state index is -0.339. The van der Waals surface area contributed by atoms with Crippen LogP contribution in [-0.2, 0) is 14.3 Å². The summed E-state index contributed by atoms with van der Waals surface area (Å²) in [6.07, 6.45) is 0. The number of hydrogen-bond acceptors (Lipinski definition) is 8. The highest BCUT2D eigenvalue weighted by Crippen LogP contribution is 2.31. The first-order valence-corrected chi connectivity index (χ1v) is 8.99. The number of hydrogen-bond donors (Lipinski definition) is 2. The van der Waals surface area contributed by atoms with E-state index in [0.29, 0.717) is 21.8 Å². The highest BCUT2D eigenvalue weighted by molar-refractivity contribution is 8.02. The maximum Gasteiger partial charge on any atom is 0.319 e. The minimum absolute atomic E-state index is 0.130. The van der Waals surface area contributed by atoms with E-state index >= 15 is 0 Å². The van der Waals surface area contributed by atoms with Gasteiger partial charge in [0.25, 0.3) is 0 Å². The molecular weight excluding hydrogens is 348 g/mol. The van der Waals surface area contributed by atoms with Gasteiger partial charge in [-0.2, -0.15) is 0 Å². The number of carbonyl (C=O) groups is 2. The summed E-state index contributed by atoms with van der Waals surface area (Å²) in [5.74, 6) is -0.398. The quantitative estimate of drug-likeness (QED) is 0.574. The number of thioether (sulfide) groups is 1. The van der Waals surface area contributed by atoms with Crippen LogP contribution in [-0.4, -0.2) is 33.9 Å². The average molecular weight is 366 g/mol. The molecule has 2 N–H and O–H groups in total. The van der Waals surface area contributed by atoms with Gasteiger partial charge in [-0.3, -0.25) is 9.59 Å². The van der Waals surface area contributed by atoms with Crippen LogP contribution >= 0.6 is 23.1 Å². The number of anilines is 3. The Bertz CT molecular complexity index is 720. The number of benzene rings is 1. The lowest BCUT2D eigenvalue weighted by Gasteiger charge is -2.07. The van der Waals surface area contributed by atoms with Crippen LogP contribution < -0.4 is 10.6 Å². The SMILES string of the molecule is CCOC(=O)C(C)Sc1nnc(Nc2cccc(NC(C)=O)c2)s1. The molecule has 0 saturated heterocycles. The summed E-state index contributed by atoms with van der Waals surface area (Å²) in [4.78, 5) is 22.7. The summed E-state index contributed by atoms with van der Waals surface area (Å²) in [7, 11) is 0. The van der Waals surface area contributed by atoms with Gasteiger partial charge in [0, 0.05) is 18.3 Å². The third-order valence-electron chi connectivity index (χ3n) is 2.74. The van der Waals surface area contributed by atoms with Crippen molar-refractivity contribution in [2.24, 2.45) is 0 Å². The molecule has 0 fully saturated rings. The fourth-order valence-electron chi connectivity index (χ4n) is 1.77. The van der Waals surface area contributed by atoms with Gasteiger partial charge in [-0.15, -0.1) is 10.2 Å². The van der Waals surface area contributed by atoms with Crippen molar-refractivity contribution < 1.29 is 14.3 Å². The monoisotopic (exact) mass is 366 g/mol. The molecule has 0 aliphatic heterocycles. The lowest BCUT2D eigenvalue weighted by atomic mass is 10.3. The van der Waals surface area contributed by atoms with Crippen molar-refractivity contribution in [3.63, 3.8) is 0 Å². The zero-order valence-corrected chi connectivity index (χ0v) is 15.2. The van der Waals surface area contributed by atoms with Crippen LogP contribution in [0.3, 0.4) is 0 Å². The van der Waals surface area contributed by atoms with Crippen molar-refractivity contribution in [2.75, 3.05) is 17.2 Å². The van der Waals surface area contributed by atoms with Crippen molar-refractivity contribution in [3.8, 4) is 0 Å². The van der Waals surface area contributed by atoms with Crippen molar-refractivity contribution in [1.29, 1.82) is 0 Å². The van der Waals surface area contributed by atoms with Crippen LogP contribution in [0.2, 0.25) is 0 Å². The van der Waals surface area contributed by atoms with Crippen molar-refractivity contribution in [2.45, 2.75) is 30.4 Å². The fraction of sp³-hybridized carbons (Fsp3) is 0.333. The first kappa shape index (κ1) is 18.2. The molecule has 1 amide bonds. The lowest BCUT2D eigenvalue weighted by Crippen LogP contribution is -2.16. The molecule has 2 rings (SSSR count). The molecule has 24 heavy (non-hydrogen) atoms. The molecule has 128 valence electrons. The first-order chi connectivity index (χ1) is 11.5. The van der Waals surface area contributed by atoms with Gasteiger partial charge in [-0.25, -0.2) is 0 Å². The van der Waals surface area contributed by atoms with Crippen LogP contribution in [0.15, 0.2) is 28.6 Å². The van der Waals surface area contributed by atoms with Gasteiger partial charge < -0.3 is 15.4 Å². The van der Waals surface area contributed by atoms with E-state index in [0.717, 1.165) is 5.69 Å². The Labute approximate surface area is 148 Å². The van der Waals surface area contributed by atoms with Crippen molar-refractivity contribution >= 4 is 51.5 Å². The van der Waals surface area contributed by atoms with Gasteiger partial charge in [0.2, 0.25) is 11.0 Å². The van der Waals surface area contributed by atoms with E-state index in [-0.39, 0.29) is 17.1 Å². The number of nitrogens with zero attached hydrogens (tertiary/aromatic N) is 2. The van der Waals surface area contributed by atoms with Gasteiger partial charge in [0.1, 0.15) is 5.25 Å². The number of ether oxygens (including phenoxy) is 1. The molecule has 9 heteroatoms. The number of esters is 1. The number of aromatic nitrogens is 2. The molecule has 1 heterocycles. The maximum absolute atomic E-state index is 11.6. The van der Waals surface area contributed by atoms with E-state index in [1.807, 2.05) is 12.1 Å².